The normalized spacial score (nSPS) is 26.8. The Bertz CT molecular complexity index is 822. The minimum Gasteiger partial charge on any atom is -0.0808 e. The first-order valence-electron chi connectivity index (χ1n) is 12.6. The van der Waals surface area contributed by atoms with Crippen LogP contribution in [0.4, 0.5) is 0 Å². The lowest BCUT2D eigenvalue weighted by atomic mass is 9.68. The van der Waals surface area contributed by atoms with E-state index in [0.717, 1.165) is 29.6 Å². The van der Waals surface area contributed by atoms with Crippen molar-refractivity contribution in [2.45, 2.75) is 51.4 Å². The lowest BCUT2D eigenvalue weighted by Gasteiger charge is -2.38. The van der Waals surface area contributed by atoms with E-state index in [0.29, 0.717) is 0 Å². The third-order valence-electron chi connectivity index (χ3n) is 8.25. The highest BCUT2D eigenvalue weighted by atomic mass is 31.1. The Kier molecular flexibility index (Phi) is 7.05. The maximum atomic E-state index is 2.56. The molecule has 5 rings (SSSR count). The fourth-order valence-corrected chi connectivity index (χ4v) is 9.19. The van der Waals surface area contributed by atoms with Gasteiger partial charge in [-0.2, -0.15) is 0 Å². The fraction of sp³-hybridized carbons (Fsp3) is 0.467. The van der Waals surface area contributed by atoms with Crippen molar-refractivity contribution >= 4 is 18.5 Å². The van der Waals surface area contributed by atoms with Crippen molar-refractivity contribution in [2.75, 3.05) is 6.16 Å². The van der Waals surface area contributed by atoms with Crippen molar-refractivity contribution in [1.82, 2.24) is 0 Å². The molecule has 0 spiro atoms. The van der Waals surface area contributed by atoms with Gasteiger partial charge in [-0.15, -0.1) is 0 Å². The number of allylic oxidation sites excluding steroid dienone is 4. The zero-order valence-electron chi connectivity index (χ0n) is 18.8. The summed E-state index contributed by atoms with van der Waals surface area (Å²) in [6.07, 6.45) is 22.6. The van der Waals surface area contributed by atoms with E-state index in [2.05, 4.69) is 85.0 Å². The molecule has 0 radical (unpaired) electrons. The number of rotatable bonds is 7. The first kappa shape index (κ1) is 21.2. The van der Waals surface area contributed by atoms with Crippen LogP contribution in [0.15, 0.2) is 85.0 Å². The van der Waals surface area contributed by atoms with E-state index in [4.69, 9.17) is 0 Å². The number of benzene rings is 2. The van der Waals surface area contributed by atoms with Gasteiger partial charge in [0, 0.05) is 0 Å². The van der Waals surface area contributed by atoms with Crippen LogP contribution in [-0.2, 0) is 0 Å². The Hall–Kier alpha value is -1.65. The van der Waals surface area contributed by atoms with E-state index in [1.165, 1.54) is 57.5 Å². The molecule has 1 heteroatoms. The summed E-state index contributed by atoms with van der Waals surface area (Å²) >= 11 is 0. The summed E-state index contributed by atoms with van der Waals surface area (Å²) < 4.78 is 0. The second-order valence-electron chi connectivity index (χ2n) is 9.93. The Balaban J connectivity index is 1.39. The lowest BCUT2D eigenvalue weighted by Crippen LogP contribution is -2.30. The highest BCUT2D eigenvalue weighted by Crippen LogP contribution is 2.50. The van der Waals surface area contributed by atoms with Crippen LogP contribution in [-0.4, -0.2) is 6.16 Å². The summed E-state index contributed by atoms with van der Waals surface area (Å²) in [6.45, 7) is 0. The number of hydrogen-bond donors (Lipinski definition) is 0. The topological polar surface area (TPSA) is 0 Å². The minimum absolute atomic E-state index is 0.270. The van der Waals surface area contributed by atoms with E-state index in [1.807, 2.05) is 0 Å². The molecule has 0 amide bonds. The van der Waals surface area contributed by atoms with E-state index in [-0.39, 0.29) is 7.92 Å². The van der Waals surface area contributed by atoms with Gasteiger partial charge in [0.05, 0.1) is 0 Å². The van der Waals surface area contributed by atoms with Gasteiger partial charge in [0.2, 0.25) is 0 Å². The fourth-order valence-electron chi connectivity index (χ4n) is 6.76. The van der Waals surface area contributed by atoms with E-state index >= 15 is 0 Å². The SMILES string of the molecule is C1=CC2CCC(C(CCP(c3ccccc3)c3ccccc3)C3CCCCC3)C2C=C1. The van der Waals surface area contributed by atoms with Gasteiger partial charge in [0.25, 0.3) is 0 Å². The van der Waals surface area contributed by atoms with Crippen molar-refractivity contribution in [3.63, 3.8) is 0 Å². The van der Waals surface area contributed by atoms with Crippen molar-refractivity contribution < 1.29 is 0 Å². The monoisotopic (exact) mass is 428 g/mol. The summed E-state index contributed by atoms with van der Waals surface area (Å²) in [4.78, 5) is 0. The van der Waals surface area contributed by atoms with Crippen LogP contribution in [0, 0.1) is 29.6 Å². The minimum atomic E-state index is -0.270. The summed E-state index contributed by atoms with van der Waals surface area (Å²) in [7, 11) is -0.270. The molecule has 0 saturated heterocycles. The maximum absolute atomic E-state index is 2.56. The Morgan fingerprint density at radius 3 is 2.03 bits per heavy atom. The number of hydrogen-bond acceptors (Lipinski definition) is 0. The predicted molar refractivity (Wildman–Crippen MR) is 137 cm³/mol. The Labute approximate surface area is 190 Å². The van der Waals surface area contributed by atoms with Gasteiger partial charge >= 0.3 is 0 Å². The van der Waals surface area contributed by atoms with E-state index in [9.17, 15) is 0 Å². The molecule has 2 aromatic carbocycles. The molecule has 3 aliphatic carbocycles. The third-order valence-corrected chi connectivity index (χ3v) is 10.8. The van der Waals surface area contributed by atoms with Crippen LogP contribution in [0.3, 0.4) is 0 Å². The first-order chi connectivity index (χ1) is 15.4. The van der Waals surface area contributed by atoms with Gasteiger partial charge in [-0.1, -0.05) is 117 Å². The van der Waals surface area contributed by atoms with E-state index < -0.39 is 0 Å². The largest absolute Gasteiger partial charge is 0.0808 e. The molecule has 0 nitrogen and oxygen atoms in total. The van der Waals surface area contributed by atoms with Gasteiger partial charge in [0.15, 0.2) is 0 Å². The van der Waals surface area contributed by atoms with Crippen LogP contribution in [0.25, 0.3) is 0 Å². The van der Waals surface area contributed by atoms with Gasteiger partial charge in [0.1, 0.15) is 0 Å². The zero-order valence-corrected chi connectivity index (χ0v) is 19.7. The smallest absolute Gasteiger partial charge is 0.0136 e. The Morgan fingerprint density at radius 1 is 0.710 bits per heavy atom. The molecule has 3 aliphatic rings. The standard InChI is InChI=1S/C30H37P/c1-4-12-24(13-5-1)29(30-21-20-25-14-10-11-19-28(25)30)22-23-31(26-15-6-2-7-16-26)27-17-8-3-9-18-27/h2-3,6-11,14-19,24-25,28-30H,1,4-5,12-13,20-23H2. The molecule has 162 valence electrons. The van der Waals surface area contributed by atoms with Crippen molar-refractivity contribution in [3.05, 3.63) is 85.0 Å². The molecule has 2 aromatic rings. The van der Waals surface area contributed by atoms with Gasteiger partial charge in [-0.25, -0.2) is 0 Å². The van der Waals surface area contributed by atoms with Crippen LogP contribution < -0.4 is 10.6 Å². The van der Waals surface area contributed by atoms with Crippen molar-refractivity contribution in [2.24, 2.45) is 29.6 Å². The van der Waals surface area contributed by atoms with Crippen LogP contribution in [0.2, 0.25) is 0 Å². The summed E-state index contributed by atoms with van der Waals surface area (Å²) in [6, 6.07) is 22.7. The number of fused-ring (bicyclic) bond motifs is 1. The van der Waals surface area contributed by atoms with E-state index in [1.54, 1.807) is 10.6 Å². The van der Waals surface area contributed by atoms with Crippen molar-refractivity contribution in [1.29, 1.82) is 0 Å². The molecule has 2 saturated carbocycles. The van der Waals surface area contributed by atoms with Gasteiger partial charge in [-0.3, -0.25) is 0 Å². The quantitative estimate of drug-likeness (QED) is 0.401. The lowest BCUT2D eigenvalue weighted by molar-refractivity contribution is 0.152. The first-order valence-corrected chi connectivity index (χ1v) is 14.2. The highest BCUT2D eigenvalue weighted by Gasteiger charge is 2.41. The average molecular weight is 429 g/mol. The molecule has 0 aliphatic heterocycles. The van der Waals surface area contributed by atoms with Gasteiger partial charge in [-0.05, 0) is 73.5 Å². The molecule has 0 N–H and O–H groups in total. The molecular formula is C30H37P. The molecular weight excluding hydrogens is 391 g/mol. The second-order valence-corrected chi connectivity index (χ2v) is 12.3. The van der Waals surface area contributed by atoms with Crippen molar-refractivity contribution in [3.8, 4) is 0 Å². The molecule has 4 atom stereocenters. The summed E-state index contributed by atoms with van der Waals surface area (Å²) in [5, 5.41) is 3.10. The third kappa shape index (κ3) is 4.90. The molecule has 0 heterocycles. The molecule has 0 aromatic heterocycles. The molecule has 31 heavy (non-hydrogen) atoms. The van der Waals surface area contributed by atoms with Crippen LogP contribution in [0.1, 0.15) is 51.4 Å². The molecule has 2 fully saturated rings. The van der Waals surface area contributed by atoms with Crippen LogP contribution in [0.5, 0.6) is 0 Å². The summed E-state index contributed by atoms with van der Waals surface area (Å²) in [5.41, 5.74) is 0. The zero-order chi connectivity index (χ0) is 20.9. The molecule has 0 bridgehead atoms. The average Bonchev–Trinajstić information content (AvgIpc) is 3.27. The molecule has 4 unspecified atom stereocenters. The van der Waals surface area contributed by atoms with Crippen LogP contribution >= 0.6 is 7.92 Å². The Morgan fingerprint density at radius 2 is 1.35 bits per heavy atom. The predicted octanol–water partition coefficient (Wildman–Crippen LogP) is 7.47. The highest BCUT2D eigenvalue weighted by molar-refractivity contribution is 7.73. The second kappa shape index (κ2) is 10.3. The maximum Gasteiger partial charge on any atom is -0.0136 e. The summed E-state index contributed by atoms with van der Waals surface area (Å²) in [5.74, 6) is 4.38. The van der Waals surface area contributed by atoms with Gasteiger partial charge < -0.3 is 0 Å².